The smallest absolute Gasteiger partial charge is 0.263 e. The molecule has 0 saturated carbocycles. The molecule has 1 aromatic rings. The van der Waals surface area contributed by atoms with Crippen molar-refractivity contribution in [2.24, 2.45) is 0 Å². The summed E-state index contributed by atoms with van der Waals surface area (Å²) < 4.78 is 5.64. The van der Waals surface area contributed by atoms with Crippen LogP contribution in [0.1, 0.15) is 26.3 Å². The number of amides is 1. The number of halogens is 1. The molecule has 1 amide bonds. The topological polar surface area (TPSA) is 29.5 Å². The lowest BCUT2D eigenvalue weighted by atomic mass is 10.2. The van der Waals surface area contributed by atoms with Crippen LogP contribution in [0.15, 0.2) is 18.2 Å². The Hall–Kier alpha value is -1.22. The van der Waals surface area contributed by atoms with Crippen LogP contribution >= 0.6 is 11.6 Å². The maximum Gasteiger partial charge on any atom is 0.263 e. The number of hydrogen-bond donors (Lipinski definition) is 0. The zero-order valence-corrected chi connectivity index (χ0v) is 12.3. The number of carbonyl (C=O) groups is 1. The van der Waals surface area contributed by atoms with Gasteiger partial charge in [-0.05, 0) is 45.4 Å². The summed E-state index contributed by atoms with van der Waals surface area (Å²) >= 11 is 6.04. The van der Waals surface area contributed by atoms with Gasteiger partial charge in [0, 0.05) is 13.1 Å². The Kier molecular flexibility index (Phi) is 5.03. The fourth-order valence-electron chi connectivity index (χ4n) is 1.48. The third-order valence-electron chi connectivity index (χ3n) is 2.86. The molecule has 3 nitrogen and oxygen atoms in total. The summed E-state index contributed by atoms with van der Waals surface area (Å²) in [6.45, 7) is 7.62. The van der Waals surface area contributed by atoms with Gasteiger partial charge >= 0.3 is 0 Å². The molecule has 0 spiro atoms. The highest BCUT2D eigenvalue weighted by molar-refractivity contribution is 6.32. The van der Waals surface area contributed by atoms with E-state index in [4.69, 9.17) is 16.3 Å². The van der Waals surface area contributed by atoms with E-state index in [2.05, 4.69) is 0 Å². The number of ether oxygens (including phenoxy) is 1. The SMILES string of the molecule is Cc1ccc(Cl)c(OC(C)C(=O)N(C)C(C)C)c1. The first-order valence-corrected chi connectivity index (χ1v) is 6.40. The van der Waals surface area contributed by atoms with Crippen molar-refractivity contribution in [2.75, 3.05) is 7.05 Å². The van der Waals surface area contributed by atoms with Crippen molar-refractivity contribution in [2.45, 2.75) is 39.8 Å². The van der Waals surface area contributed by atoms with Crippen molar-refractivity contribution >= 4 is 17.5 Å². The number of hydrogen-bond acceptors (Lipinski definition) is 2. The fraction of sp³-hybridized carbons (Fsp3) is 0.500. The molecule has 1 aromatic carbocycles. The van der Waals surface area contributed by atoms with Gasteiger partial charge in [0.1, 0.15) is 5.75 Å². The third kappa shape index (κ3) is 3.64. The Morgan fingerprint density at radius 1 is 1.33 bits per heavy atom. The van der Waals surface area contributed by atoms with Gasteiger partial charge in [-0.25, -0.2) is 0 Å². The summed E-state index contributed by atoms with van der Waals surface area (Å²) in [5.74, 6) is 0.497. The number of likely N-dealkylation sites (N-methyl/N-ethyl adjacent to an activating group) is 1. The van der Waals surface area contributed by atoms with E-state index in [9.17, 15) is 4.79 Å². The van der Waals surface area contributed by atoms with Crippen molar-refractivity contribution in [1.29, 1.82) is 0 Å². The van der Waals surface area contributed by atoms with E-state index in [0.717, 1.165) is 5.56 Å². The number of nitrogens with zero attached hydrogens (tertiary/aromatic N) is 1. The van der Waals surface area contributed by atoms with Crippen LogP contribution in [-0.2, 0) is 4.79 Å². The molecule has 0 bridgehead atoms. The molecule has 4 heteroatoms. The van der Waals surface area contributed by atoms with E-state index >= 15 is 0 Å². The van der Waals surface area contributed by atoms with Crippen molar-refractivity contribution in [3.05, 3.63) is 28.8 Å². The molecule has 0 fully saturated rings. The van der Waals surface area contributed by atoms with Crippen LogP contribution in [0.2, 0.25) is 5.02 Å². The lowest BCUT2D eigenvalue weighted by molar-refractivity contribution is -0.138. The number of carbonyl (C=O) groups excluding carboxylic acids is 1. The van der Waals surface area contributed by atoms with Gasteiger partial charge in [0.05, 0.1) is 5.02 Å². The average molecular weight is 270 g/mol. The van der Waals surface area contributed by atoms with Gasteiger partial charge in [-0.1, -0.05) is 17.7 Å². The second kappa shape index (κ2) is 6.10. The molecule has 1 rings (SSSR count). The predicted octanol–water partition coefficient (Wildman–Crippen LogP) is 3.28. The minimum absolute atomic E-state index is 0.0532. The zero-order valence-electron chi connectivity index (χ0n) is 11.5. The van der Waals surface area contributed by atoms with E-state index < -0.39 is 6.10 Å². The van der Waals surface area contributed by atoms with Crippen molar-refractivity contribution in [3.63, 3.8) is 0 Å². The summed E-state index contributed by atoms with van der Waals surface area (Å²) in [5, 5.41) is 0.521. The van der Waals surface area contributed by atoms with Gasteiger partial charge in [0.2, 0.25) is 0 Å². The second-order valence-electron chi connectivity index (χ2n) is 4.74. The molecular formula is C14H20ClNO2. The molecule has 1 atom stereocenters. The molecule has 0 aromatic heterocycles. The Morgan fingerprint density at radius 3 is 2.50 bits per heavy atom. The van der Waals surface area contributed by atoms with E-state index in [1.807, 2.05) is 32.9 Å². The first kappa shape index (κ1) is 14.8. The lowest BCUT2D eigenvalue weighted by Crippen LogP contribution is -2.41. The quantitative estimate of drug-likeness (QED) is 0.840. The monoisotopic (exact) mass is 269 g/mol. The molecule has 0 aliphatic heterocycles. The highest BCUT2D eigenvalue weighted by Crippen LogP contribution is 2.26. The van der Waals surface area contributed by atoms with Gasteiger partial charge < -0.3 is 9.64 Å². The van der Waals surface area contributed by atoms with Gasteiger partial charge in [0.25, 0.3) is 5.91 Å². The van der Waals surface area contributed by atoms with Gasteiger partial charge in [0.15, 0.2) is 6.10 Å². The number of aryl methyl sites for hydroxylation is 1. The van der Waals surface area contributed by atoms with Crippen LogP contribution in [0.5, 0.6) is 5.75 Å². The highest BCUT2D eigenvalue weighted by Gasteiger charge is 2.21. The third-order valence-corrected chi connectivity index (χ3v) is 3.17. The van der Waals surface area contributed by atoms with E-state index in [1.165, 1.54) is 0 Å². The van der Waals surface area contributed by atoms with Crippen LogP contribution in [0.4, 0.5) is 0 Å². The Labute approximate surface area is 114 Å². The maximum atomic E-state index is 12.0. The molecule has 0 saturated heterocycles. The molecule has 18 heavy (non-hydrogen) atoms. The Morgan fingerprint density at radius 2 is 1.94 bits per heavy atom. The molecule has 0 heterocycles. The number of rotatable bonds is 4. The molecule has 1 unspecified atom stereocenters. The van der Waals surface area contributed by atoms with Crippen molar-refractivity contribution < 1.29 is 9.53 Å². The van der Waals surface area contributed by atoms with Crippen LogP contribution in [0.25, 0.3) is 0 Å². The van der Waals surface area contributed by atoms with Gasteiger partial charge in [-0.3, -0.25) is 4.79 Å². The summed E-state index contributed by atoms with van der Waals surface area (Å²) in [4.78, 5) is 13.7. The zero-order chi connectivity index (χ0) is 13.9. The summed E-state index contributed by atoms with van der Waals surface area (Å²) in [7, 11) is 1.77. The van der Waals surface area contributed by atoms with Crippen molar-refractivity contribution in [1.82, 2.24) is 4.90 Å². The summed E-state index contributed by atoms with van der Waals surface area (Å²) in [6.07, 6.45) is -0.545. The molecule has 100 valence electrons. The normalized spacial score (nSPS) is 12.4. The predicted molar refractivity (Wildman–Crippen MR) is 74.2 cm³/mol. The Bertz CT molecular complexity index is 432. The molecule has 0 aliphatic rings. The summed E-state index contributed by atoms with van der Waals surface area (Å²) in [6, 6.07) is 5.66. The minimum Gasteiger partial charge on any atom is -0.479 e. The van der Waals surface area contributed by atoms with E-state index in [-0.39, 0.29) is 11.9 Å². The summed E-state index contributed by atoms with van der Waals surface area (Å²) in [5.41, 5.74) is 1.05. The highest BCUT2D eigenvalue weighted by atomic mass is 35.5. The van der Waals surface area contributed by atoms with Gasteiger partial charge in [-0.2, -0.15) is 0 Å². The first-order chi connectivity index (χ1) is 8.32. The molecule has 0 aliphatic carbocycles. The van der Waals surface area contributed by atoms with E-state index in [1.54, 1.807) is 24.9 Å². The maximum absolute atomic E-state index is 12.0. The molecular weight excluding hydrogens is 250 g/mol. The molecule has 0 N–H and O–H groups in total. The first-order valence-electron chi connectivity index (χ1n) is 6.02. The van der Waals surface area contributed by atoms with E-state index in [0.29, 0.717) is 10.8 Å². The molecule has 0 radical (unpaired) electrons. The number of benzene rings is 1. The standard InChI is InChI=1S/C14H20ClNO2/c1-9(2)16(5)14(17)11(4)18-13-8-10(3)6-7-12(13)15/h6-9,11H,1-5H3. The van der Waals surface area contributed by atoms with Crippen LogP contribution in [-0.4, -0.2) is 30.0 Å². The Balaban J connectivity index is 2.78. The van der Waals surface area contributed by atoms with Crippen LogP contribution in [0.3, 0.4) is 0 Å². The van der Waals surface area contributed by atoms with Crippen molar-refractivity contribution in [3.8, 4) is 5.75 Å². The average Bonchev–Trinajstić information content (AvgIpc) is 2.31. The minimum atomic E-state index is -0.545. The lowest BCUT2D eigenvalue weighted by Gasteiger charge is -2.25. The van der Waals surface area contributed by atoms with Crippen LogP contribution in [0, 0.1) is 6.92 Å². The fourth-order valence-corrected chi connectivity index (χ4v) is 1.65. The largest absolute Gasteiger partial charge is 0.479 e. The van der Waals surface area contributed by atoms with Crippen LogP contribution < -0.4 is 4.74 Å². The second-order valence-corrected chi connectivity index (χ2v) is 5.14. The van der Waals surface area contributed by atoms with Gasteiger partial charge in [-0.15, -0.1) is 0 Å².